The Balaban J connectivity index is 0. The number of primary amides is 1. The number of aliphatic imine (C=N–C) groups is 1. The van der Waals surface area contributed by atoms with Crippen molar-refractivity contribution in [3.05, 3.63) is 54.5 Å². The van der Waals surface area contributed by atoms with Crippen molar-refractivity contribution in [1.82, 2.24) is 25.0 Å². The molecule has 1 unspecified atom stereocenters. The number of nitrogens with one attached hydrogen (secondary N) is 1. The van der Waals surface area contributed by atoms with E-state index in [1.165, 1.54) is 50.5 Å². The van der Waals surface area contributed by atoms with Gasteiger partial charge in [-0.1, -0.05) is 39.5 Å². The molecule has 2 atom stereocenters. The van der Waals surface area contributed by atoms with Crippen LogP contribution in [-0.4, -0.2) is 92.3 Å². The minimum absolute atomic E-state index is 0.333. The number of carbonyl (C=O) groups excluding carboxylic acids is 1. The standard InChI is InChI=1S/C15H21N3.C8H19N3.C3H6.C2H5NO.C2H6/c1-4-18(11-12(2)16-3)14-9-5-7-13-8-6-10-17-15(13)14;1-9-7-11-5-4-8(6-11)10(2)3;1-3-2;1-2(3)4;1-2/h6,8,10,14H,2-5,7,9,11H2,1H3;8-9H,4-7H2,1-3H3;3H,1H2,2H3;1H3,(H2,3,4);1-2H3/t14-;;;;/m0..../s1. The number of likely N-dealkylation sites (tertiary alicyclic amines) is 1. The van der Waals surface area contributed by atoms with Crippen molar-refractivity contribution in [2.24, 2.45) is 10.7 Å². The van der Waals surface area contributed by atoms with Crippen LogP contribution < -0.4 is 11.1 Å². The molecule has 1 fully saturated rings. The molecule has 218 valence electrons. The summed E-state index contributed by atoms with van der Waals surface area (Å²) in [7, 11) is 6.32. The van der Waals surface area contributed by atoms with Gasteiger partial charge in [-0.15, -0.1) is 6.58 Å². The van der Waals surface area contributed by atoms with E-state index in [-0.39, 0.29) is 5.91 Å². The number of aromatic nitrogens is 1. The Morgan fingerprint density at radius 1 is 1.34 bits per heavy atom. The summed E-state index contributed by atoms with van der Waals surface area (Å²) in [6.45, 7) is 25.4. The number of likely N-dealkylation sites (N-methyl/N-ethyl adjacent to an activating group) is 2. The summed E-state index contributed by atoms with van der Waals surface area (Å²) < 4.78 is 0. The zero-order chi connectivity index (χ0) is 29.5. The molecule has 0 saturated carbocycles. The maximum absolute atomic E-state index is 9.22. The Morgan fingerprint density at radius 3 is 2.42 bits per heavy atom. The number of hydrogen-bond acceptors (Lipinski definition) is 7. The average Bonchev–Trinajstić information content (AvgIpc) is 3.38. The molecule has 0 spiro atoms. The fraction of sp³-hybridized carbons (Fsp3) is 0.633. The first kappa shape index (κ1) is 37.8. The van der Waals surface area contributed by atoms with Crippen LogP contribution in [0.25, 0.3) is 0 Å². The van der Waals surface area contributed by atoms with Gasteiger partial charge in [0.25, 0.3) is 0 Å². The molecule has 1 aromatic heterocycles. The maximum Gasteiger partial charge on any atom is 0.214 e. The average molecular weight is 532 g/mol. The van der Waals surface area contributed by atoms with Gasteiger partial charge >= 0.3 is 0 Å². The molecule has 0 bridgehead atoms. The van der Waals surface area contributed by atoms with Gasteiger partial charge in [0, 0.05) is 51.2 Å². The predicted octanol–water partition coefficient (Wildman–Crippen LogP) is 4.50. The zero-order valence-corrected chi connectivity index (χ0v) is 25.7. The first-order valence-electron chi connectivity index (χ1n) is 13.8. The van der Waals surface area contributed by atoms with Gasteiger partial charge in [-0.05, 0) is 78.6 Å². The molecule has 0 radical (unpaired) electrons. The fourth-order valence-corrected chi connectivity index (χ4v) is 4.27. The topological polar surface area (TPSA) is 90.1 Å². The molecule has 1 aliphatic carbocycles. The number of nitrogens with two attached hydrogens (primary N) is 1. The van der Waals surface area contributed by atoms with Crippen LogP contribution in [0.2, 0.25) is 0 Å². The Morgan fingerprint density at radius 2 is 1.95 bits per heavy atom. The lowest BCUT2D eigenvalue weighted by Crippen LogP contribution is -2.34. The van der Waals surface area contributed by atoms with E-state index in [2.05, 4.69) is 82.7 Å². The molecule has 38 heavy (non-hydrogen) atoms. The molecule has 2 aliphatic rings. The molecule has 3 N–H and O–H groups in total. The lowest BCUT2D eigenvalue weighted by molar-refractivity contribution is -0.115. The Bertz CT molecular complexity index is 778. The van der Waals surface area contributed by atoms with E-state index in [0.717, 1.165) is 37.9 Å². The zero-order valence-electron chi connectivity index (χ0n) is 25.7. The monoisotopic (exact) mass is 531 g/mol. The molecule has 1 saturated heterocycles. The summed E-state index contributed by atoms with van der Waals surface area (Å²) in [6, 6.07) is 5.40. The maximum atomic E-state index is 9.22. The summed E-state index contributed by atoms with van der Waals surface area (Å²) in [5.74, 6) is -0.333. The number of nitrogens with zero attached hydrogens (tertiary/aromatic N) is 5. The Kier molecular flexibility index (Phi) is 23.6. The van der Waals surface area contributed by atoms with Gasteiger partial charge in [0.2, 0.25) is 5.91 Å². The van der Waals surface area contributed by atoms with Crippen LogP contribution >= 0.6 is 0 Å². The van der Waals surface area contributed by atoms with Crippen LogP contribution in [0.1, 0.15) is 71.2 Å². The third-order valence-corrected chi connectivity index (χ3v) is 5.98. The van der Waals surface area contributed by atoms with Crippen LogP contribution in [0.5, 0.6) is 0 Å². The Labute approximate surface area is 234 Å². The second-order valence-electron chi connectivity index (χ2n) is 9.26. The number of fused-ring (bicyclic) bond motifs is 1. The highest BCUT2D eigenvalue weighted by atomic mass is 16.1. The van der Waals surface area contributed by atoms with Crippen molar-refractivity contribution in [2.75, 3.05) is 54.0 Å². The van der Waals surface area contributed by atoms with Gasteiger partial charge in [0.15, 0.2) is 0 Å². The molecule has 8 heteroatoms. The summed E-state index contributed by atoms with van der Waals surface area (Å²) in [6.07, 6.45) is 8.51. The molecule has 1 aliphatic heterocycles. The number of aryl methyl sites for hydroxylation is 1. The van der Waals surface area contributed by atoms with Gasteiger partial charge in [-0.25, -0.2) is 0 Å². The molecule has 8 nitrogen and oxygen atoms in total. The SMILES string of the molecule is C=CC.C=NC(=C)CN(CC)[C@H]1CCCc2cccnc21.CC.CC(N)=O.CNCN1CCC(N(C)C)C1. The first-order chi connectivity index (χ1) is 18.1. The molecule has 2 heterocycles. The minimum atomic E-state index is -0.333. The third-order valence-electron chi connectivity index (χ3n) is 5.98. The molecule has 3 rings (SSSR count). The largest absolute Gasteiger partial charge is 0.370 e. The third kappa shape index (κ3) is 16.5. The number of amides is 1. The molecular weight excluding hydrogens is 474 g/mol. The highest BCUT2D eigenvalue weighted by Gasteiger charge is 2.26. The first-order valence-corrected chi connectivity index (χ1v) is 13.8. The van der Waals surface area contributed by atoms with E-state index < -0.39 is 0 Å². The number of pyridine rings is 1. The van der Waals surface area contributed by atoms with Crippen molar-refractivity contribution in [3.8, 4) is 0 Å². The van der Waals surface area contributed by atoms with Crippen LogP contribution in [0.4, 0.5) is 0 Å². The second kappa shape index (κ2) is 23.7. The lowest BCUT2D eigenvalue weighted by Gasteiger charge is -2.34. The van der Waals surface area contributed by atoms with Crippen molar-refractivity contribution >= 4 is 12.6 Å². The summed E-state index contributed by atoms with van der Waals surface area (Å²) >= 11 is 0. The predicted molar refractivity (Wildman–Crippen MR) is 166 cm³/mol. The van der Waals surface area contributed by atoms with E-state index in [0.29, 0.717) is 6.04 Å². The Hall–Kier alpha value is -2.39. The number of rotatable bonds is 8. The fourth-order valence-electron chi connectivity index (χ4n) is 4.27. The summed E-state index contributed by atoms with van der Waals surface area (Å²) in [4.78, 5) is 24.9. The lowest BCUT2D eigenvalue weighted by atomic mass is 9.91. The van der Waals surface area contributed by atoms with Gasteiger partial charge in [-0.2, -0.15) is 0 Å². The van der Waals surface area contributed by atoms with E-state index in [1.807, 2.05) is 40.1 Å². The van der Waals surface area contributed by atoms with E-state index in [1.54, 1.807) is 6.08 Å². The minimum Gasteiger partial charge on any atom is -0.370 e. The number of carbonyl (C=O) groups is 1. The van der Waals surface area contributed by atoms with E-state index in [4.69, 9.17) is 0 Å². The normalized spacial score (nSPS) is 17.6. The van der Waals surface area contributed by atoms with E-state index >= 15 is 0 Å². The summed E-state index contributed by atoms with van der Waals surface area (Å²) in [5.41, 5.74) is 7.94. The van der Waals surface area contributed by atoms with Crippen molar-refractivity contribution < 1.29 is 4.79 Å². The van der Waals surface area contributed by atoms with Crippen molar-refractivity contribution in [3.63, 3.8) is 0 Å². The van der Waals surface area contributed by atoms with Crippen LogP contribution in [0, 0.1) is 0 Å². The van der Waals surface area contributed by atoms with Crippen molar-refractivity contribution in [1.29, 1.82) is 0 Å². The van der Waals surface area contributed by atoms with Crippen LogP contribution in [0.15, 0.2) is 48.3 Å². The smallest absolute Gasteiger partial charge is 0.214 e. The highest BCUT2D eigenvalue weighted by Crippen LogP contribution is 2.32. The van der Waals surface area contributed by atoms with Gasteiger partial charge < -0.3 is 16.0 Å². The van der Waals surface area contributed by atoms with E-state index in [9.17, 15) is 4.79 Å². The molecule has 1 amide bonds. The highest BCUT2D eigenvalue weighted by molar-refractivity contribution is 5.70. The molecule has 1 aromatic rings. The number of allylic oxidation sites excluding steroid dienone is 1. The second-order valence-corrected chi connectivity index (χ2v) is 9.26. The number of hydrogen-bond donors (Lipinski definition) is 2. The summed E-state index contributed by atoms with van der Waals surface area (Å²) in [5, 5.41) is 3.18. The molecule has 0 aromatic carbocycles. The van der Waals surface area contributed by atoms with Gasteiger partial charge in [0.1, 0.15) is 0 Å². The molecular formula is C30H57N7O. The van der Waals surface area contributed by atoms with Gasteiger partial charge in [0.05, 0.1) is 11.7 Å². The van der Waals surface area contributed by atoms with Gasteiger partial charge in [-0.3, -0.25) is 24.6 Å². The quantitative estimate of drug-likeness (QED) is 0.379. The van der Waals surface area contributed by atoms with Crippen LogP contribution in [-0.2, 0) is 11.2 Å². The van der Waals surface area contributed by atoms with Crippen molar-refractivity contribution in [2.45, 2.75) is 72.4 Å². The van der Waals surface area contributed by atoms with Crippen LogP contribution in [0.3, 0.4) is 0 Å².